The van der Waals surface area contributed by atoms with Gasteiger partial charge in [-0.1, -0.05) is 0 Å². The van der Waals surface area contributed by atoms with Crippen molar-refractivity contribution in [2.75, 3.05) is 13.7 Å². The highest BCUT2D eigenvalue weighted by molar-refractivity contribution is 6.10. The maximum absolute atomic E-state index is 13.4. The number of esters is 1. The minimum Gasteiger partial charge on any atom is -0.497 e. The van der Waals surface area contributed by atoms with Crippen molar-refractivity contribution in [2.24, 2.45) is 4.99 Å². The Hall–Kier alpha value is -2.51. The number of carbonyl (C=O) groups is 1. The van der Waals surface area contributed by atoms with Gasteiger partial charge in [0.2, 0.25) is 0 Å². The molecule has 1 aliphatic rings. The quantitative estimate of drug-likeness (QED) is 0.797. The maximum atomic E-state index is 13.4. The van der Waals surface area contributed by atoms with Crippen LogP contribution >= 0.6 is 0 Å². The molecule has 0 aliphatic carbocycles. The van der Waals surface area contributed by atoms with Crippen molar-refractivity contribution < 1.29 is 32.2 Å². The Balaban J connectivity index is 2.47. The van der Waals surface area contributed by atoms with Gasteiger partial charge in [-0.3, -0.25) is 0 Å². The highest BCUT2D eigenvalue weighted by Gasteiger charge is 2.66. The van der Waals surface area contributed by atoms with Crippen LogP contribution in [-0.2, 0) is 14.3 Å². The third-order valence-electron chi connectivity index (χ3n) is 3.06. The Bertz CT molecular complexity index is 637. The van der Waals surface area contributed by atoms with Crippen LogP contribution < -0.4 is 4.74 Å². The number of ether oxygens (including phenoxy) is 3. The van der Waals surface area contributed by atoms with Crippen LogP contribution in [0.4, 0.5) is 13.2 Å². The lowest BCUT2D eigenvalue weighted by Crippen LogP contribution is -2.54. The van der Waals surface area contributed by atoms with Gasteiger partial charge < -0.3 is 14.2 Å². The maximum Gasteiger partial charge on any atom is 0.462 e. The van der Waals surface area contributed by atoms with Crippen LogP contribution in [0, 0.1) is 0 Å². The molecule has 0 saturated heterocycles. The van der Waals surface area contributed by atoms with E-state index in [4.69, 9.17) is 4.74 Å². The SMILES string of the molecule is CCOC(=O)C1(C(F)(F)F)N=C(c2ccc(OC)cc2)C=CO1. The second kappa shape index (κ2) is 6.31. The Morgan fingerprint density at radius 1 is 1.30 bits per heavy atom. The van der Waals surface area contributed by atoms with Crippen LogP contribution in [0.25, 0.3) is 0 Å². The molecule has 2 rings (SSSR count). The van der Waals surface area contributed by atoms with Crippen molar-refractivity contribution in [3.05, 3.63) is 42.2 Å². The molecule has 0 spiro atoms. The molecule has 0 aromatic heterocycles. The van der Waals surface area contributed by atoms with Crippen LogP contribution in [-0.4, -0.2) is 37.3 Å². The summed E-state index contributed by atoms with van der Waals surface area (Å²) in [6, 6.07) is 6.20. The second-order valence-electron chi connectivity index (χ2n) is 4.51. The smallest absolute Gasteiger partial charge is 0.462 e. The monoisotopic (exact) mass is 329 g/mol. The van der Waals surface area contributed by atoms with E-state index >= 15 is 0 Å². The van der Waals surface area contributed by atoms with Gasteiger partial charge in [0.1, 0.15) is 5.75 Å². The lowest BCUT2D eigenvalue weighted by molar-refractivity contribution is -0.261. The van der Waals surface area contributed by atoms with E-state index in [0.717, 1.165) is 6.26 Å². The van der Waals surface area contributed by atoms with Gasteiger partial charge in [-0.15, -0.1) is 0 Å². The largest absolute Gasteiger partial charge is 0.497 e. The fraction of sp³-hybridized carbons (Fsp3) is 0.333. The van der Waals surface area contributed by atoms with Gasteiger partial charge in [-0.05, 0) is 37.3 Å². The molecule has 1 aromatic carbocycles. The molecule has 23 heavy (non-hydrogen) atoms. The topological polar surface area (TPSA) is 57.1 Å². The number of hydrogen-bond donors (Lipinski definition) is 0. The van der Waals surface area contributed by atoms with E-state index in [9.17, 15) is 18.0 Å². The lowest BCUT2D eigenvalue weighted by Gasteiger charge is -2.31. The van der Waals surface area contributed by atoms with E-state index in [2.05, 4.69) is 14.5 Å². The van der Waals surface area contributed by atoms with Crippen molar-refractivity contribution in [2.45, 2.75) is 18.8 Å². The van der Waals surface area contributed by atoms with Crippen LogP contribution in [0.3, 0.4) is 0 Å². The third-order valence-corrected chi connectivity index (χ3v) is 3.06. The molecule has 0 bridgehead atoms. The van der Waals surface area contributed by atoms with Gasteiger partial charge in [0.25, 0.3) is 0 Å². The van der Waals surface area contributed by atoms with E-state index in [0.29, 0.717) is 11.3 Å². The molecule has 1 heterocycles. The Morgan fingerprint density at radius 2 is 1.96 bits per heavy atom. The number of nitrogens with zero attached hydrogens (tertiary/aromatic N) is 1. The molecule has 1 aliphatic heterocycles. The summed E-state index contributed by atoms with van der Waals surface area (Å²) >= 11 is 0. The predicted molar refractivity (Wildman–Crippen MR) is 75.2 cm³/mol. The average Bonchev–Trinajstić information content (AvgIpc) is 2.54. The molecular weight excluding hydrogens is 315 g/mol. The van der Waals surface area contributed by atoms with Gasteiger partial charge in [0, 0.05) is 5.56 Å². The van der Waals surface area contributed by atoms with Crippen LogP contribution in [0.15, 0.2) is 41.6 Å². The Morgan fingerprint density at radius 3 is 2.48 bits per heavy atom. The number of rotatable bonds is 4. The summed E-state index contributed by atoms with van der Waals surface area (Å²) < 4.78 is 54.2. The van der Waals surface area contributed by atoms with Gasteiger partial charge in [-0.2, -0.15) is 13.2 Å². The highest BCUT2D eigenvalue weighted by atomic mass is 19.4. The Kier molecular flexibility index (Phi) is 4.63. The van der Waals surface area contributed by atoms with E-state index in [-0.39, 0.29) is 12.3 Å². The molecule has 5 nitrogen and oxygen atoms in total. The summed E-state index contributed by atoms with van der Waals surface area (Å²) in [5, 5.41) is 0. The zero-order chi connectivity index (χ0) is 17.1. The minimum absolute atomic E-state index is 0.0516. The molecule has 0 saturated carbocycles. The second-order valence-corrected chi connectivity index (χ2v) is 4.51. The van der Waals surface area contributed by atoms with Crippen molar-refractivity contribution in [3.63, 3.8) is 0 Å². The first-order valence-electron chi connectivity index (χ1n) is 6.66. The standard InChI is InChI=1S/C15H14F3NO4/c1-3-22-13(20)14(15(16,17)18)19-12(8-9-23-14)10-4-6-11(21-2)7-5-10/h4-9H,3H2,1-2H3. The summed E-state index contributed by atoms with van der Waals surface area (Å²) in [6.07, 6.45) is -3.04. The lowest BCUT2D eigenvalue weighted by atomic mass is 10.1. The summed E-state index contributed by atoms with van der Waals surface area (Å²) in [4.78, 5) is 15.3. The molecule has 1 atom stereocenters. The summed E-state index contributed by atoms with van der Waals surface area (Å²) in [5.74, 6) is -1.07. The molecule has 0 amide bonds. The predicted octanol–water partition coefficient (Wildman–Crippen LogP) is 2.85. The molecule has 1 aromatic rings. The third kappa shape index (κ3) is 3.15. The first-order valence-corrected chi connectivity index (χ1v) is 6.66. The van der Waals surface area contributed by atoms with Gasteiger partial charge in [0.05, 0.1) is 25.7 Å². The Labute approximate surface area is 130 Å². The molecule has 0 radical (unpaired) electrons. The summed E-state index contributed by atoms with van der Waals surface area (Å²) in [5.41, 5.74) is -3.07. The van der Waals surface area contributed by atoms with Crippen molar-refractivity contribution in [1.82, 2.24) is 0 Å². The number of halogens is 3. The molecule has 0 fully saturated rings. The first kappa shape index (κ1) is 16.9. The fourth-order valence-corrected chi connectivity index (χ4v) is 1.92. The first-order chi connectivity index (χ1) is 10.8. The van der Waals surface area contributed by atoms with Crippen LogP contribution in [0.5, 0.6) is 5.75 Å². The van der Waals surface area contributed by atoms with Crippen LogP contribution in [0.1, 0.15) is 12.5 Å². The number of hydrogen-bond acceptors (Lipinski definition) is 5. The normalized spacial score (nSPS) is 20.5. The molecule has 1 unspecified atom stereocenters. The zero-order valence-electron chi connectivity index (χ0n) is 12.4. The average molecular weight is 329 g/mol. The molecule has 124 valence electrons. The van der Waals surface area contributed by atoms with E-state index in [1.54, 1.807) is 12.1 Å². The number of benzene rings is 1. The summed E-state index contributed by atoms with van der Waals surface area (Å²) in [7, 11) is 1.47. The zero-order valence-corrected chi connectivity index (χ0v) is 12.4. The van der Waals surface area contributed by atoms with E-state index < -0.39 is 17.9 Å². The van der Waals surface area contributed by atoms with Crippen molar-refractivity contribution in [3.8, 4) is 5.75 Å². The molecule has 8 heteroatoms. The van der Waals surface area contributed by atoms with E-state index in [1.165, 1.54) is 32.2 Å². The van der Waals surface area contributed by atoms with Crippen molar-refractivity contribution in [1.29, 1.82) is 0 Å². The number of methoxy groups -OCH3 is 1. The minimum atomic E-state index is -5.07. The fourth-order valence-electron chi connectivity index (χ4n) is 1.92. The van der Waals surface area contributed by atoms with Gasteiger partial charge in [0.15, 0.2) is 0 Å². The highest BCUT2D eigenvalue weighted by Crippen LogP contribution is 2.38. The van der Waals surface area contributed by atoms with E-state index in [1.807, 2.05) is 0 Å². The van der Waals surface area contributed by atoms with Crippen LogP contribution in [0.2, 0.25) is 0 Å². The number of carbonyl (C=O) groups excluding carboxylic acids is 1. The van der Waals surface area contributed by atoms with Gasteiger partial charge in [-0.25, -0.2) is 9.79 Å². The molecule has 0 N–H and O–H groups in total. The molecular formula is C15H14F3NO4. The van der Waals surface area contributed by atoms with Crippen molar-refractivity contribution >= 4 is 11.7 Å². The number of alkyl halides is 3. The van der Waals surface area contributed by atoms with Gasteiger partial charge >= 0.3 is 17.9 Å². The summed E-state index contributed by atoms with van der Waals surface area (Å²) in [6.45, 7) is 1.17. The number of aliphatic imine (C=N–C) groups is 1. The number of allylic oxidation sites excluding steroid dienone is 1.